The van der Waals surface area contributed by atoms with Gasteiger partial charge in [-0.2, -0.15) is 0 Å². The lowest BCUT2D eigenvalue weighted by Gasteiger charge is -2.30. The van der Waals surface area contributed by atoms with Crippen molar-refractivity contribution in [2.24, 2.45) is 5.92 Å². The number of likely N-dealkylation sites (tertiary alicyclic amines) is 1. The second-order valence-electron chi connectivity index (χ2n) is 5.48. The average molecular weight is 355 g/mol. The van der Waals surface area contributed by atoms with E-state index in [1.54, 1.807) is 4.90 Å². The van der Waals surface area contributed by atoms with Crippen LogP contribution >= 0.6 is 15.9 Å². The standard InChI is InChI=1S/C15H19BrN2O3/c1-9-6-12(7-10(2)13(9)16)17-15(21)18-5-3-4-11(8-18)14(19)20/h6-7,11H,3-5,8H2,1-2H3,(H,17,21)(H,19,20)/t11-/m1/s1. The maximum atomic E-state index is 12.3. The number of carbonyl (C=O) groups excluding carboxylic acids is 1. The molecule has 0 spiro atoms. The molecule has 1 aromatic carbocycles. The van der Waals surface area contributed by atoms with Gasteiger partial charge >= 0.3 is 12.0 Å². The van der Waals surface area contributed by atoms with Gasteiger partial charge in [0, 0.05) is 23.2 Å². The summed E-state index contributed by atoms with van der Waals surface area (Å²) < 4.78 is 1.03. The van der Waals surface area contributed by atoms with Crippen LogP contribution in [0.3, 0.4) is 0 Å². The van der Waals surface area contributed by atoms with Gasteiger partial charge in [0.25, 0.3) is 0 Å². The van der Waals surface area contributed by atoms with Gasteiger partial charge in [-0.3, -0.25) is 4.79 Å². The molecule has 0 aromatic heterocycles. The molecule has 21 heavy (non-hydrogen) atoms. The van der Waals surface area contributed by atoms with E-state index in [0.717, 1.165) is 27.7 Å². The fraction of sp³-hybridized carbons (Fsp3) is 0.467. The van der Waals surface area contributed by atoms with Gasteiger partial charge in [-0.05, 0) is 49.9 Å². The quantitative estimate of drug-likeness (QED) is 0.854. The smallest absolute Gasteiger partial charge is 0.321 e. The monoisotopic (exact) mass is 354 g/mol. The molecule has 2 N–H and O–H groups in total. The Morgan fingerprint density at radius 3 is 2.52 bits per heavy atom. The molecule has 114 valence electrons. The summed E-state index contributed by atoms with van der Waals surface area (Å²) in [5, 5.41) is 11.9. The fourth-order valence-electron chi connectivity index (χ4n) is 2.58. The molecule has 0 radical (unpaired) electrons. The lowest BCUT2D eigenvalue weighted by atomic mass is 9.99. The molecule has 1 saturated heterocycles. The normalized spacial score (nSPS) is 18.4. The van der Waals surface area contributed by atoms with E-state index < -0.39 is 11.9 Å². The number of carbonyl (C=O) groups is 2. The van der Waals surface area contributed by atoms with Crippen molar-refractivity contribution in [2.45, 2.75) is 26.7 Å². The molecule has 1 aliphatic heterocycles. The minimum Gasteiger partial charge on any atom is -0.481 e. The van der Waals surface area contributed by atoms with E-state index in [2.05, 4.69) is 21.2 Å². The van der Waals surface area contributed by atoms with E-state index in [0.29, 0.717) is 13.0 Å². The number of carboxylic acid groups (broad SMARTS) is 1. The number of rotatable bonds is 2. The predicted molar refractivity (Wildman–Crippen MR) is 84.6 cm³/mol. The SMILES string of the molecule is Cc1cc(NC(=O)N2CCC[C@@H](C(=O)O)C2)cc(C)c1Br. The van der Waals surface area contributed by atoms with Crippen LogP contribution in [0.2, 0.25) is 0 Å². The van der Waals surface area contributed by atoms with Gasteiger partial charge < -0.3 is 15.3 Å². The maximum Gasteiger partial charge on any atom is 0.321 e. The molecule has 1 heterocycles. The van der Waals surface area contributed by atoms with Gasteiger partial charge in [0.1, 0.15) is 0 Å². The summed E-state index contributed by atoms with van der Waals surface area (Å²) in [6.07, 6.45) is 1.36. The van der Waals surface area contributed by atoms with Crippen molar-refractivity contribution in [1.29, 1.82) is 0 Å². The van der Waals surface area contributed by atoms with Gasteiger partial charge in [-0.1, -0.05) is 15.9 Å². The minimum absolute atomic E-state index is 0.234. The van der Waals surface area contributed by atoms with Crippen LogP contribution in [0, 0.1) is 19.8 Å². The lowest BCUT2D eigenvalue weighted by molar-refractivity contribution is -0.143. The molecule has 0 bridgehead atoms. The number of aliphatic carboxylic acids is 1. The zero-order valence-corrected chi connectivity index (χ0v) is 13.7. The number of anilines is 1. The van der Waals surface area contributed by atoms with Gasteiger partial charge in [-0.25, -0.2) is 4.79 Å². The van der Waals surface area contributed by atoms with E-state index in [-0.39, 0.29) is 12.6 Å². The highest BCUT2D eigenvalue weighted by atomic mass is 79.9. The first-order chi connectivity index (χ1) is 9.88. The molecule has 1 atom stereocenters. The molecule has 0 aliphatic carbocycles. The first-order valence-corrected chi connectivity index (χ1v) is 7.73. The van der Waals surface area contributed by atoms with Crippen molar-refractivity contribution >= 4 is 33.6 Å². The highest BCUT2D eigenvalue weighted by molar-refractivity contribution is 9.10. The second-order valence-corrected chi connectivity index (χ2v) is 6.27. The largest absolute Gasteiger partial charge is 0.481 e. The van der Waals surface area contributed by atoms with Gasteiger partial charge in [-0.15, -0.1) is 0 Å². The molecule has 2 rings (SSSR count). The molecular weight excluding hydrogens is 336 g/mol. The number of urea groups is 1. The first-order valence-electron chi connectivity index (χ1n) is 6.94. The Hall–Kier alpha value is -1.56. The van der Waals surface area contributed by atoms with Crippen molar-refractivity contribution in [3.8, 4) is 0 Å². The van der Waals surface area contributed by atoms with Gasteiger partial charge in [0.15, 0.2) is 0 Å². The number of halogens is 1. The van der Waals surface area contributed by atoms with Crippen molar-refractivity contribution in [2.75, 3.05) is 18.4 Å². The van der Waals surface area contributed by atoms with Gasteiger partial charge in [0.2, 0.25) is 0 Å². The third kappa shape index (κ3) is 3.75. The van der Waals surface area contributed by atoms with E-state index in [1.165, 1.54) is 0 Å². The second kappa shape index (κ2) is 6.47. The predicted octanol–water partition coefficient (Wildman–Crippen LogP) is 3.39. The van der Waals surface area contributed by atoms with Crippen molar-refractivity contribution in [3.63, 3.8) is 0 Å². The zero-order chi connectivity index (χ0) is 15.6. The van der Waals surface area contributed by atoms with E-state index >= 15 is 0 Å². The van der Waals surface area contributed by atoms with Crippen LogP contribution in [0.25, 0.3) is 0 Å². The number of nitrogens with zero attached hydrogens (tertiary/aromatic N) is 1. The highest BCUT2D eigenvalue weighted by Gasteiger charge is 2.28. The molecule has 1 aromatic rings. The summed E-state index contributed by atoms with van der Waals surface area (Å²) in [5.74, 6) is -1.29. The number of hydrogen-bond acceptors (Lipinski definition) is 2. The number of nitrogens with one attached hydrogen (secondary N) is 1. The molecule has 1 fully saturated rings. The number of hydrogen-bond donors (Lipinski definition) is 2. The van der Waals surface area contributed by atoms with E-state index in [4.69, 9.17) is 5.11 Å². The Labute approximate surface area is 132 Å². The highest BCUT2D eigenvalue weighted by Crippen LogP contribution is 2.25. The Morgan fingerprint density at radius 1 is 1.33 bits per heavy atom. The van der Waals surface area contributed by atoms with Crippen LogP contribution in [0.1, 0.15) is 24.0 Å². The molecule has 5 nitrogen and oxygen atoms in total. The van der Waals surface area contributed by atoms with E-state index in [1.807, 2.05) is 26.0 Å². The number of benzene rings is 1. The van der Waals surface area contributed by atoms with Gasteiger partial charge in [0.05, 0.1) is 5.92 Å². The summed E-state index contributed by atoms with van der Waals surface area (Å²) in [5.41, 5.74) is 2.83. The topological polar surface area (TPSA) is 69.6 Å². The molecule has 0 unspecified atom stereocenters. The summed E-state index contributed by atoms with van der Waals surface area (Å²) in [6, 6.07) is 3.56. The average Bonchev–Trinajstić information content (AvgIpc) is 2.44. The van der Waals surface area contributed by atoms with Crippen molar-refractivity contribution < 1.29 is 14.7 Å². The number of amides is 2. The molecule has 0 saturated carbocycles. The third-order valence-corrected chi connectivity index (χ3v) is 5.00. The number of piperidine rings is 1. The van der Waals surface area contributed by atoms with Crippen LogP contribution in [-0.2, 0) is 4.79 Å². The maximum absolute atomic E-state index is 12.3. The summed E-state index contributed by atoms with van der Waals surface area (Å²) in [6.45, 7) is 4.81. The van der Waals surface area contributed by atoms with Crippen molar-refractivity contribution in [3.05, 3.63) is 27.7 Å². The molecule has 6 heteroatoms. The van der Waals surface area contributed by atoms with Crippen LogP contribution in [-0.4, -0.2) is 35.1 Å². The van der Waals surface area contributed by atoms with Crippen LogP contribution in [0.4, 0.5) is 10.5 Å². The summed E-state index contributed by atoms with van der Waals surface area (Å²) in [7, 11) is 0. The Morgan fingerprint density at radius 2 is 1.95 bits per heavy atom. The summed E-state index contributed by atoms with van der Waals surface area (Å²) >= 11 is 3.49. The van der Waals surface area contributed by atoms with E-state index in [9.17, 15) is 9.59 Å². The number of carboxylic acids is 1. The molecular formula is C15H19BrN2O3. The first kappa shape index (κ1) is 15.8. The minimum atomic E-state index is -0.831. The van der Waals surface area contributed by atoms with Crippen LogP contribution < -0.4 is 5.32 Å². The molecule has 1 aliphatic rings. The fourth-order valence-corrected chi connectivity index (χ4v) is 2.81. The zero-order valence-electron chi connectivity index (χ0n) is 12.1. The Balaban J connectivity index is 2.06. The summed E-state index contributed by atoms with van der Waals surface area (Å²) in [4.78, 5) is 24.9. The van der Waals surface area contributed by atoms with Crippen LogP contribution in [0.5, 0.6) is 0 Å². The van der Waals surface area contributed by atoms with Crippen LogP contribution in [0.15, 0.2) is 16.6 Å². The van der Waals surface area contributed by atoms with Crippen molar-refractivity contribution in [1.82, 2.24) is 4.90 Å². The number of aryl methyl sites for hydroxylation is 2. The Bertz CT molecular complexity index is 551. The lowest BCUT2D eigenvalue weighted by Crippen LogP contribution is -2.44. The molecule has 2 amide bonds. The third-order valence-electron chi connectivity index (χ3n) is 3.75. The Kier molecular flexibility index (Phi) is 4.88.